The molecule has 1 aliphatic rings. The maximum atomic E-state index is 13.2. The van der Waals surface area contributed by atoms with Gasteiger partial charge in [0.1, 0.15) is 23.2 Å². The van der Waals surface area contributed by atoms with Gasteiger partial charge < -0.3 is 34.8 Å². The van der Waals surface area contributed by atoms with Crippen LogP contribution >= 0.6 is 0 Å². The van der Waals surface area contributed by atoms with Crippen LogP contribution < -0.4 is 15.4 Å². The van der Waals surface area contributed by atoms with Crippen LogP contribution in [0, 0.1) is 19.8 Å². The summed E-state index contributed by atoms with van der Waals surface area (Å²) >= 11 is 0. The molecule has 1 aromatic heterocycles. The molecule has 3 amide bonds. The second kappa shape index (κ2) is 10.9. The Morgan fingerprint density at radius 3 is 2.68 bits per heavy atom. The lowest BCUT2D eigenvalue weighted by Gasteiger charge is -2.33. The number of amides is 3. The van der Waals surface area contributed by atoms with Crippen LogP contribution in [0.25, 0.3) is 0 Å². The Bertz CT molecular complexity index is 1000. The van der Waals surface area contributed by atoms with Gasteiger partial charge in [-0.15, -0.1) is 0 Å². The van der Waals surface area contributed by atoms with E-state index in [9.17, 15) is 14.7 Å². The van der Waals surface area contributed by atoms with Crippen molar-refractivity contribution in [2.45, 2.75) is 46.3 Å². The van der Waals surface area contributed by atoms with E-state index in [0.29, 0.717) is 47.2 Å². The van der Waals surface area contributed by atoms with Crippen LogP contribution in [0.3, 0.4) is 0 Å². The third-order valence-corrected chi connectivity index (χ3v) is 5.99. The summed E-state index contributed by atoms with van der Waals surface area (Å²) in [7, 11) is 3.96. The van der Waals surface area contributed by atoms with Gasteiger partial charge in [0.2, 0.25) is 5.91 Å². The molecule has 2 heterocycles. The SMILES string of the molecule is Cc1noc(C)c1NC(=O)Nc1ccc2c(c1)CC(=O)N([C@H](C)CO)C[C@@H](C)[C@@H](CN(C)C)O2. The summed E-state index contributed by atoms with van der Waals surface area (Å²) in [5, 5.41) is 19.1. The average Bonchev–Trinajstić information content (AvgIpc) is 3.10. The van der Waals surface area contributed by atoms with Gasteiger partial charge in [0.25, 0.3) is 0 Å². The summed E-state index contributed by atoms with van der Waals surface area (Å²) in [6.45, 7) is 8.40. The first-order chi connectivity index (χ1) is 16.1. The lowest BCUT2D eigenvalue weighted by molar-refractivity contribution is -0.134. The molecule has 0 aliphatic carbocycles. The van der Waals surface area contributed by atoms with Gasteiger partial charge >= 0.3 is 6.03 Å². The molecule has 3 rings (SSSR count). The molecule has 34 heavy (non-hydrogen) atoms. The summed E-state index contributed by atoms with van der Waals surface area (Å²) in [6, 6.07) is 4.54. The van der Waals surface area contributed by atoms with Crippen molar-refractivity contribution in [2.24, 2.45) is 5.92 Å². The lowest BCUT2D eigenvalue weighted by Crippen LogP contribution is -2.47. The topological polar surface area (TPSA) is 120 Å². The maximum absolute atomic E-state index is 13.2. The molecule has 0 fully saturated rings. The van der Waals surface area contributed by atoms with Crippen molar-refractivity contribution in [1.82, 2.24) is 15.0 Å². The second-order valence-electron chi connectivity index (χ2n) is 9.25. The zero-order chi connectivity index (χ0) is 25.0. The number of rotatable bonds is 6. The number of urea groups is 1. The summed E-state index contributed by atoms with van der Waals surface area (Å²) in [5.74, 6) is 1.08. The number of nitrogens with zero attached hydrogens (tertiary/aromatic N) is 3. The van der Waals surface area contributed by atoms with Gasteiger partial charge in [-0.3, -0.25) is 4.79 Å². The Kier molecular flexibility index (Phi) is 8.16. The molecule has 10 nitrogen and oxygen atoms in total. The first-order valence-corrected chi connectivity index (χ1v) is 11.4. The van der Waals surface area contributed by atoms with Gasteiger partial charge in [0.15, 0.2) is 5.76 Å². The van der Waals surface area contributed by atoms with Crippen molar-refractivity contribution in [3.8, 4) is 5.75 Å². The molecule has 0 bridgehead atoms. The fourth-order valence-electron chi connectivity index (χ4n) is 4.02. The number of aliphatic hydroxyl groups excluding tert-OH is 1. The van der Waals surface area contributed by atoms with Crippen LogP contribution in [0.1, 0.15) is 30.9 Å². The monoisotopic (exact) mass is 473 g/mol. The Morgan fingerprint density at radius 1 is 1.32 bits per heavy atom. The highest BCUT2D eigenvalue weighted by Gasteiger charge is 2.30. The lowest BCUT2D eigenvalue weighted by atomic mass is 10.0. The smallest absolute Gasteiger partial charge is 0.323 e. The molecule has 10 heteroatoms. The molecule has 2 aromatic rings. The van der Waals surface area contributed by atoms with Crippen LogP contribution in [0.4, 0.5) is 16.2 Å². The minimum absolute atomic E-state index is 0.0462. The Morgan fingerprint density at radius 2 is 2.06 bits per heavy atom. The normalized spacial score (nSPS) is 19.5. The number of aliphatic hydroxyl groups is 1. The molecule has 3 N–H and O–H groups in total. The number of likely N-dealkylation sites (N-methyl/N-ethyl adjacent to an activating group) is 1. The zero-order valence-corrected chi connectivity index (χ0v) is 20.7. The van der Waals surface area contributed by atoms with Crippen LogP contribution in [-0.4, -0.2) is 77.9 Å². The highest BCUT2D eigenvalue weighted by atomic mass is 16.5. The molecular formula is C24H35N5O5. The van der Waals surface area contributed by atoms with E-state index < -0.39 is 6.03 Å². The Labute approximate surface area is 200 Å². The Hall–Kier alpha value is -3.11. The number of benzene rings is 1. The van der Waals surface area contributed by atoms with E-state index in [-0.39, 0.29) is 37.0 Å². The third-order valence-electron chi connectivity index (χ3n) is 5.99. The number of nitrogens with one attached hydrogen (secondary N) is 2. The van der Waals surface area contributed by atoms with Crippen molar-refractivity contribution in [1.29, 1.82) is 0 Å². The molecule has 1 aromatic carbocycles. The summed E-state index contributed by atoms with van der Waals surface area (Å²) < 4.78 is 11.5. The van der Waals surface area contributed by atoms with Crippen LogP contribution in [0.5, 0.6) is 5.75 Å². The van der Waals surface area contributed by atoms with Gasteiger partial charge in [0.05, 0.1) is 19.1 Å². The maximum Gasteiger partial charge on any atom is 0.323 e. The number of aromatic nitrogens is 1. The van der Waals surface area contributed by atoms with Crippen LogP contribution in [0.15, 0.2) is 22.7 Å². The van der Waals surface area contributed by atoms with Crippen molar-refractivity contribution in [2.75, 3.05) is 44.4 Å². The molecule has 0 saturated heterocycles. The molecule has 0 spiro atoms. The molecular weight excluding hydrogens is 438 g/mol. The minimum atomic E-state index is -0.445. The summed E-state index contributed by atoms with van der Waals surface area (Å²) in [4.78, 5) is 29.5. The molecule has 0 saturated carbocycles. The highest BCUT2D eigenvalue weighted by Crippen LogP contribution is 2.29. The van der Waals surface area contributed by atoms with E-state index in [1.807, 2.05) is 21.0 Å². The summed E-state index contributed by atoms with van der Waals surface area (Å²) in [6.07, 6.45) is -0.0584. The van der Waals surface area contributed by atoms with E-state index in [0.717, 1.165) is 0 Å². The molecule has 0 radical (unpaired) electrons. The predicted octanol–water partition coefficient (Wildman–Crippen LogP) is 2.65. The number of carbonyl (C=O) groups excluding carboxylic acids is 2. The number of fused-ring (bicyclic) bond motifs is 1. The second-order valence-corrected chi connectivity index (χ2v) is 9.25. The van der Waals surface area contributed by atoms with E-state index in [4.69, 9.17) is 9.26 Å². The quantitative estimate of drug-likeness (QED) is 0.590. The first-order valence-electron chi connectivity index (χ1n) is 11.4. The van der Waals surface area contributed by atoms with E-state index in [1.165, 1.54) is 0 Å². The van der Waals surface area contributed by atoms with E-state index in [1.54, 1.807) is 36.9 Å². The van der Waals surface area contributed by atoms with Crippen molar-refractivity contribution >= 4 is 23.3 Å². The minimum Gasteiger partial charge on any atom is -0.488 e. The number of hydrogen-bond donors (Lipinski definition) is 3. The molecule has 1 aliphatic heterocycles. The molecule has 0 unspecified atom stereocenters. The predicted molar refractivity (Wildman–Crippen MR) is 129 cm³/mol. The largest absolute Gasteiger partial charge is 0.488 e. The van der Waals surface area contributed by atoms with Crippen LogP contribution in [0.2, 0.25) is 0 Å². The number of anilines is 2. The van der Waals surface area contributed by atoms with Crippen molar-refractivity contribution in [3.05, 3.63) is 35.2 Å². The van der Waals surface area contributed by atoms with Gasteiger partial charge in [-0.1, -0.05) is 12.1 Å². The third kappa shape index (κ3) is 6.06. The fourth-order valence-corrected chi connectivity index (χ4v) is 4.02. The Balaban J connectivity index is 1.87. The van der Waals surface area contributed by atoms with Crippen molar-refractivity contribution < 1.29 is 24.0 Å². The van der Waals surface area contributed by atoms with E-state index >= 15 is 0 Å². The van der Waals surface area contributed by atoms with Crippen molar-refractivity contribution in [3.63, 3.8) is 0 Å². The van der Waals surface area contributed by atoms with Gasteiger partial charge in [-0.25, -0.2) is 4.79 Å². The van der Waals surface area contributed by atoms with Crippen LogP contribution in [-0.2, 0) is 11.2 Å². The highest BCUT2D eigenvalue weighted by molar-refractivity contribution is 6.00. The van der Waals surface area contributed by atoms with Gasteiger partial charge in [0, 0.05) is 30.3 Å². The average molecular weight is 474 g/mol. The number of aryl methyl sites for hydroxylation is 2. The number of hydrogen-bond acceptors (Lipinski definition) is 7. The summed E-state index contributed by atoms with van der Waals surface area (Å²) in [5.41, 5.74) is 2.30. The van der Waals surface area contributed by atoms with Gasteiger partial charge in [-0.2, -0.15) is 0 Å². The number of ether oxygens (including phenoxy) is 1. The fraction of sp³-hybridized carbons (Fsp3) is 0.542. The van der Waals surface area contributed by atoms with E-state index in [2.05, 4.69) is 27.6 Å². The molecule has 186 valence electrons. The van der Waals surface area contributed by atoms with Gasteiger partial charge in [-0.05, 0) is 53.1 Å². The number of carbonyl (C=O) groups is 2. The first kappa shape index (κ1) is 25.5. The zero-order valence-electron chi connectivity index (χ0n) is 20.7. The molecule has 3 atom stereocenters. The standard InChI is InChI=1S/C24H35N5O5/c1-14-11-29(15(2)13-30)22(31)10-18-9-19(7-8-20(18)33-21(14)12-28(5)6)25-24(32)26-23-16(3)27-34-17(23)4/h7-9,14-15,21,30H,10-13H2,1-6H3,(H2,25,26,32)/t14-,15-,21-/m1/s1.